The average Bonchev–Trinajstić information content (AvgIpc) is 2.70. The summed E-state index contributed by atoms with van der Waals surface area (Å²) in [6, 6.07) is 13.7. The van der Waals surface area contributed by atoms with Gasteiger partial charge in [-0.05, 0) is 25.1 Å². The summed E-state index contributed by atoms with van der Waals surface area (Å²) in [5, 5.41) is 9.96. The van der Waals surface area contributed by atoms with E-state index >= 15 is 0 Å². The maximum atomic E-state index is 12.3. The van der Waals surface area contributed by atoms with E-state index in [1.54, 1.807) is 48.5 Å². The molecule has 1 aromatic heterocycles. The lowest BCUT2D eigenvalue weighted by Crippen LogP contribution is -2.30. The largest absolute Gasteiger partial charge is 0.495 e. The van der Waals surface area contributed by atoms with Crippen LogP contribution in [0, 0.1) is 0 Å². The van der Waals surface area contributed by atoms with Crippen molar-refractivity contribution in [3.8, 4) is 5.75 Å². The van der Waals surface area contributed by atoms with Crippen molar-refractivity contribution < 1.29 is 19.1 Å². The normalized spacial score (nSPS) is 11.6. The molecular weight excluding hydrogens is 362 g/mol. The Morgan fingerprint density at radius 3 is 2.54 bits per heavy atom. The maximum Gasteiger partial charge on any atom is 0.312 e. The molecule has 0 aliphatic heterocycles. The zero-order chi connectivity index (χ0) is 20.1. The smallest absolute Gasteiger partial charge is 0.312 e. The Kier molecular flexibility index (Phi) is 5.69. The van der Waals surface area contributed by atoms with Gasteiger partial charge < -0.3 is 14.8 Å². The molecule has 0 unspecified atom stereocenters. The lowest BCUT2D eigenvalue weighted by atomic mass is 10.1. The van der Waals surface area contributed by atoms with Crippen LogP contribution in [0.15, 0.2) is 53.3 Å². The first-order valence-corrected chi connectivity index (χ1v) is 8.59. The van der Waals surface area contributed by atoms with Crippen LogP contribution in [-0.4, -0.2) is 35.3 Å². The second-order valence-electron chi connectivity index (χ2n) is 6.04. The van der Waals surface area contributed by atoms with E-state index in [9.17, 15) is 14.4 Å². The number of carbonyl (C=O) groups is 2. The molecular formula is C20H19N3O5. The second kappa shape index (κ2) is 8.34. The average molecular weight is 381 g/mol. The van der Waals surface area contributed by atoms with Crippen molar-refractivity contribution in [3.63, 3.8) is 0 Å². The second-order valence-corrected chi connectivity index (χ2v) is 6.04. The highest BCUT2D eigenvalue weighted by Gasteiger charge is 2.20. The molecule has 1 heterocycles. The van der Waals surface area contributed by atoms with E-state index in [0.717, 1.165) is 0 Å². The van der Waals surface area contributed by atoms with Crippen LogP contribution in [0.2, 0.25) is 0 Å². The van der Waals surface area contributed by atoms with Crippen molar-refractivity contribution in [1.82, 2.24) is 10.2 Å². The van der Waals surface area contributed by atoms with E-state index in [-0.39, 0.29) is 12.0 Å². The van der Waals surface area contributed by atoms with E-state index in [1.807, 2.05) is 0 Å². The lowest BCUT2D eigenvalue weighted by Gasteiger charge is -2.15. The number of aromatic nitrogens is 2. The number of aromatic amines is 1. The van der Waals surface area contributed by atoms with Crippen LogP contribution in [0.25, 0.3) is 10.8 Å². The molecule has 0 spiro atoms. The fraction of sp³-hybridized carbons (Fsp3) is 0.200. The minimum atomic E-state index is -1.02. The Bertz CT molecular complexity index is 1080. The number of nitrogens with zero attached hydrogens (tertiary/aromatic N) is 1. The van der Waals surface area contributed by atoms with E-state index in [4.69, 9.17) is 9.47 Å². The van der Waals surface area contributed by atoms with Crippen LogP contribution in [-0.2, 0) is 20.7 Å². The van der Waals surface area contributed by atoms with Crippen LogP contribution in [0.5, 0.6) is 5.75 Å². The predicted molar refractivity (Wildman–Crippen MR) is 103 cm³/mol. The Morgan fingerprint density at radius 2 is 1.79 bits per heavy atom. The topological polar surface area (TPSA) is 110 Å². The number of ether oxygens (including phenoxy) is 2. The van der Waals surface area contributed by atoms with Gasteiger partial charge in [-0.3, -0.25) is 14.4 Å². The molecule has 28 heavy (non-hydrogen) atoms. The Morgan fingerprint density at radius 1 is 1.11 bits per heavy atom. The Balaban J connectivity index is 1.67. The summed E-state index contributed by atoms with van der Waals surface area (Å²) in [6.07, 6.45) is -1.20. The number of methoxy groups -OCH3 is 1. The van der Waals surface area contributed by atoms with Crippen molar-refractivity contribution >= 4 is 28.3 Å². The number of carbonyl (C=O) groups excluding carboxylic acids is 2. The first-order chi connectivity index (χ1) is 13.5. The molecule has 0 bridgehead atoms. The fourth-order valence-electron chi connectivity index (χ4n) is 2.72. The molecule has 144 valence electrons. The van der Waals surface area contributed by atoms with Crippen LogP contribution >= 0.6 is 0 Å². The summed E-state index contributed by atoms with van der Waals surface area (Å²) < 4.78 is 10.4. The number of hydrogen-bond donors (Lipinski definition) is 2. The molecule has 0 radical (unpaired) electrons. The van der Waals surface area contributed by atoms with Crippen molar-refractivity contribution in [2.24, 2.45) is 0 Å². The van der Waals surface area contributed by atoms with Crippen molar-refractivity contribution in [1.29, 1.82) is 0 Å². The van der Waals surface area contributed by atoms with Gasteiger partial charge >= 0.3 is 5.97 Å². The van der Waals surface area contributed by atoms with Crippen LogP contribution in [0.3, 0.4) is 0 Å². The standard InChI is InChI=1S/C20H19N3O5/c1-12(19(25)21-15-9-5-6-10-17(15)27-2)28-18(24)11-16-13-7-3-4-8-14(13)20(26)23-22-16/h3-10,12H,11H2,1-2H3,(H,21,25)(H,23,26)/t12-/m1/s1. The van der Waals surface area contributed by atoms with Gasteiger partial charge in [0.15, 0.2) is 6.10 Å². The van der Waals surface area contributed by atoms with Gasteiger partial charge in [0.1, 0.15) is 5.75 Å². The molecule has 0 saturated carbocycles. The minimum absolute atomic E-state index is 0.177. The molecule has 1 amide bonds. The van der Waals surface area contributed by atoms with Crippen LogP contribution in [0.4, 0.5) is 5.69 Å². The lowest BCUT2D eigenvalue weighted by molar-refractivity contribution is -0.152. The quantitative estimate of drug-likeness (QED) is 0.632. The monoisotopic (exact) mass is 381 g/mol. The van der Waals surface area contributed by atoms with Gasteiger partial charge in [0.25, 0.3) is 11.5 Å². The van der Waals surface area contributed by atoms with Gasteiger partial charge in [0.2, 0.25) is 0 Å². The van der Waals surface area contributed by atoms with Gasteiger partial charge in [-0.15, -0.1) is 0 Å². The van der Waals surface area contributed by atoms with E-state index in [1.165, 1.54) is 14.0 Å². The van der Waals surface area contributed by atoms with E-state index in [0.29, 0.717) is 27.9 Å². The molecule has 3 rings (SSSR count). The van der Waals surface area contributed by atoms with Crippen molar-refractivity contribution in [2.45, 2.75) is 19.4 Å². The SMILES string of the molecule is COc1ccccc1NC(=O)[C@@H](C)OC(=O)Cc1n[nH]c(=O)c2ccccc12. The highest BCUT2D eigenvalue weighted by Crippen LogP contribution is 2.23. The molecule has 3 aromatic rings. The Hall–Kier alpha value is -3.68. The number of para-hydroxylation sites is 2. The number of esters is 1. The van der Waals surface area contributed by atoms with Crippen molar-refractivity contribution in [3.05, 3.63) is 64.6 Å². The third-order valence-electron chi connectivity index (χ3n) is 4.13. The third-order valence-corrected chi connectivity index (χ3v) is 4.13. The molecule has 0 saturated heterocycles. The number of benzene rings is 2. The Labute approximate surface area is 160 Å². The van der Waals surface area contributed by atoms with Gasteiger partial charge in [-0.25, -0.2) is 5.10 Å². The van der Waals surface area contributed by atoms with Crippen LogP contribution in [0.1, 0.15) is 12.6 Å². The molecule has 0 fully saturated rings. The number of anilines is 1. The van der Waals surface area contributed by atoms with Gasteiger partial charge in [0.05, 0.1) is 30.3 Å². The summed E-state index contributed by atoms with van der Waals surface area (Å²) in [6.45, 7) is 1.47. The summed E-state index contributed by atoms with van der Waals surface area (Å²) in [7, 11) is 1.50. The molecule has 8 nitrogen and oxygen atoms in total. The molecule has 2 N–H and O–H groups in total. The molecule has 0 aliphatic rings. The summed E-state index contributed by atoms with van der Waals surface area (Å²) in [5.41, 5.74) is 0.515. The fourth-order valence-corrected chi connectivity index (χ4v) is 2.72. The maximum absolute atomic E-state index is 12.3. The van der Waals surface area contributed by atoms with Crippen LogP contribution < -0.4 is 15.6 Å². The first kappa shape index (κ1) is 19.1. The highest BCUT2D eigenvalue weighted by molar-refractivity contribution is 5.96. The van der Waals surface area contributed by atoms with Gasteiger partial charge in [-0.1, -0.05) is 30.3 Å². The predicted octanol–water partition coefficient (Wildman–Crippen LogP) is 2.04. The number of rotatable bonds is 6. The minimum Gasteiger partial charge on any atom is -0.495 e. The van der Waals surface area contributed by atoms with E-state index < -0.39 is 18.0 Å². The first-order valence-electron chi connectivity index (χ1n) is 8.59. The number of amides is 1. The molecule has 2 aromatic carbocycles. The highest BCUT2D eigenvalue weighted by atomic mass is 16.5. The number of nitrogens with one attached hydrogen (secondary N) is 2. The molecule has 0 aliphatic carbocycles. The number of H-pyrrole nitrogens is 1. The van der Waals surface area contributed by atoms with Crippen molar-refractivity contribution in [2.75, 3.05) is 12.4 Å². The molecule has 1 atom stereocenters. The van der Waals surface area contributed by atoms with E-state index in [2.05, 4.69) is 15.5 Å². The molecule has 8 heteroatoms. The zero-order valence-electron chi connectivity index (χ0n) is 15.4. The summed E-state index contributed by atoms with van der Waals surface area (Å²) in [4.78, 5) is 36.4. The van der Waals surface area contributed by atoms with Gasteiger partial charge in [0, 0.05) is 5.39 Å². The number of fused-ring (bicyclic) bond motifs is 1. The number of hydrogen-bond acceptors (Lipinski definition) is 6. The summed E-state index contributed by atoms with van der Waals surface area (Å²) in [5.74, 6) is -0.622. The van der Waals surface area contributed by atoms with Gasteiger partial charge in [-0.2, -0.15) is 5.10 Å². The zero-order valence-corrected chi connectivity index (χ0v) is 15.4. The third kappa shape index (κ3) is 4.17. The summed E-state index contributed by atoms with van der Waals surface area (Å²) >= 11 is 0.